The standard InChI is InChI=1S/C17H17NO5S/c19-24(20,14-4-6-15-13(9-14)2-1-7-21-15)18-10-12-3-5-16-17(8-12)23-11-22-16/h3-6,8-9,18H,1-2,7,10-11H2. The van der Waals surface area contributed by atoms with Crippen LogP contribution in [0.15, 0.2) is 41.3 Å². The second-order valence-corrected chi connectivity index (χ2v) is 7.50. The molecule has 0 aromatic heterocycles. The molecule has 24 heavy (non-hydrogen) atoms. The molecule has 0 spiro atoms. The molecule has 0 atom stereocenters. The Hall–Kier alpha value is -2.25. The molecule has 0 amide bonds. The van der Waals surface area contributed by atoms with Crippen LogP contribution in [0.3, 0.4) is 0 Å². The Morgan fingerprint density at radius 1 is 0.958 bits per heavy atom. The number of benzene rings is 2. The number of hydrogen-bond acceptors (Lipinski definition) is 5. The molecule has 2 aromatic rings. The summed E-state index contributed by atoms with van der Waals surface area (Å²) in [5.41, 5.74) is 1.75. The summed E-state index contributed by atoms with van der Waals surface area (Å²) in [6.45, 7) is 1.07. The van der Waals surface area contributed by atoms with Crippen LogP contribution in [0.4, 0.5) is 0 Å². The minimum absolute atomic E-state index is 0.187. The first-order valence-electron chi connectivity index (χ1n) is 7.76. The third-order valence-corrected chi connectivity index (χ3v) is 5.49. The molecule has 0 fully saturated rings. The lowest BCUT2D eigenvalue weighted by Gasteiger charge is -2.18. The van der Waals surface area contributed by atoms with Gasteiger partial charge in [-0.25, -0.2) is 13.1 Å². The maximum Gasteiger partial charge on any atom is 0.240 e. The summed E-state index contributed by atoms with van der Waals surface area (Å²) in [7, 11) is -3.58. The zero-order chi connectivity index (χ0) is 16.6. The van der Waals surface area contributed by atoms with Gasteiger partial charge in [-0.15, -0.1) is 0 Å². The summed E-state index contributed by atoms with van der Waals surface area (Å²) < 4.78 is 43.7. The van der Waals surface area contributed by atoms with E-state index >= 15 is 0 Å². The molecule has 1 N–H and O–H groups in total. The summed E-state index contributed by atoms with van der Waals surface area (Å²) in [5.74, 6) is 2.09. The van der Waals surface area contributed by atoms with Crippen LogP contribution in [0.1, 0.15) is 17.5 Å². The van der Waals surface area contributed by atoms with Gasteiger partial charge in [0.2, 0.25) is 16.8 Å². The van der Waals surface area contributed by atoms with E-state index in [0.717, 1.165) is 29.7 Å². The highest BCUT2D eigenvalue weighted by Gasteiger charge is 2.19. The number of hydrogen-bond donors (Lipinski definition) is 1. The largest absolute Gasteiger partial charge is 0.493 e. The number of ether oxygens (including phenoxy) is 3. The lowest BCUT2D eigenvalue weighted by molar-refractivity contribution is 0.174. The van der Waals surface area contributed by atoms with E-state index in [1.807, 2.05) is 6.07 Å². The molecule has 0 radical (unpaired) electrons. The minimum atomic E-state index is -3.58. The van der Waals surface area contributed by atoms with Crippen molar-refractivity contribution in [2.45, 2.75) is 24.3 Å². The highest BCUT2D eigenvalue weighted by atomic mass is 32.2. The first kappa shape index (κ1) is 15.3. The summed E-state index contributed by atoms with van der Waals surface area (Å²) >= 11 is 0. The van der Waals surface area contributed by atoms with Gasteiger partial charge in [-0.2, -0.15) is 0 Å². The molecule has 7 heteroatoms. The van der Waals surface area contributed by atoms with Crippen molar-refractivity contribution in [1.29, 1.82) is 0 Å². The second kappa shape index (κ2) is 5.99. The molecular weight excluding hydrogens is 330 g/mol. The fraction of sp³-hybridized carbons (Fsp3) is 0.294. The van der Waals surface area contributed by atoms with Gasteiger partial charge >= 0.3 is 0 Å². The summed E-state index contributed by atoms with van der Waals surface area (Å²) in [6, 6.07) is 10.4. The Labute approximate surface area is 140 Å². The Morgan fingerprint density at radius 2 is 1.79 bits per heavy atom. The summed E-state index contributed by atoms with van der Waals surface area (Å²) in [4.78, 5) is 0.257. The van der Waals surface area contributed by atoms with Crippen molar-refractivity contribution in [3.63, 3.8) is 0 Å². The van der Waals surface area contributed by atoms with Crippen molar-refractivity contribution in [2.75, 3.05) is 13.4 Å². The SMILES string of the molecule is O=S(=O)(NCc1ccc2c(c1)OCO2)c1ccc2c(c1)CCCO2. The van der Waals surface area contributed by atoms with Gasteiger partial charge < -0.3 is 14.2 Å². The van der Waals surface area contributed by atoms with Gasteiger partial charge in [0.15, 0.2) is 11.5 Å². The van der Waals surface area contributed by atoms with Crippen LogP contribution in [0.25, 0.3) is 0 Å². The van der Waals surface area contributed by atoms with E-state index in [2.05, 4.69) is 4.72 Å². The topological polar surface area (TPSA) is 73.9 Å². The zero-order valence-electron chi connectivity index (χ0n) is 12.9. The van der Waals surface area contributed by atoms with Gasteiger partial charge in [0.05, 0.1) is 11.5 Å². The highest BCUT2D eigenvalue weighted by Crippen LogP contribution is 2.32. The van der Waals surface area contributed by atoms with E-state index in [9.17, 15) is 8.42 Å². The maximum atomic E-state index is 12.5. The number of rotatable bonds is 4. The molecule has 6 nitrogen and oxygen atoms in total. The molecule has 2 aliphatic rings. The van der Waals surface area contributed by atoms with Gasteiger partial charge in [-0.3, -0.25) is 0 Å². The molecule has 0 unspecified atom stereocenters. The van der Waals surface area contributed by atoms with E-state index in [4.69, 9.17) is 14.2 Å². The van der Waals surface area contributed by atoms with Crippen LogP contribution in [0.2, 0.25) is 0 Å². The van der Waals surface area contributed by atoms with Crippen LogP contribution >= 0.6 is 0 Å². The van der Waals surface area contributed by atoms with E-state index in [-0.39, 0.29) is 18.2 Å². The Bertz CT molecular complexity index is 879. The van der Waals surface area contributed by atoms with Crippen LogP contribution < -0.4 is 18.9 Å². The predicted octanol–water partition coefficient (Wildman–Crippen LogP) is 2.22. The average Bonchev–Trinajstić information content (AvgIpc) is 3.07. The van der Waals surface area contributed by atoms with Gasteiger partial charge in [-0.05, 0) is 54.3 Å². The molecule has 4 rings (SSSR count). The van der Waals surface area contributed by atoms with Crippen LogP contribution in [-0.4, -0.2) is 21.8 Å². The molecule has 0 bridgehead atoms. The normalized spacial score (nSPS) is 15.7. The van der Waals surface area contributed by atoms with Crippen LogP contribution in [-0.2, 0) is 23.0 Å². The summed E-state index contributed by atoms with van der Waals surface area (Å²) in [6.07, 6.45) is 1.74. The monoisotopic (exact) mass is 347 g/mol. The molecule has 126 valence electrons. The van der Waals surface area contributed by atoms with Gasteiger partial charge in [0.25, 0.3) is 0 Å². The van der Waals surface area contributed by atoms with Crippen LogP contribution in [0.5, 0.6) is 17.2 Å². The van der Waals surface area contributed by atoms with Gasteiger partial charge in [0, 0.05) is 6.54 Å². The molecular formula is C17H17NO5S. The number of aryl methyl sites for hydroxylation is 1. The molecule has 2 aromatic carbocycles. The van der Waals surface area contributed by atoms with E-state index in [1.165, 1.54) is 0 Å². The Balaban J connectivity index is 1.51. The predicted molar refractivity (Wildman–Crippen MR) is 86.8 cm³/mol. The smallest absolute Gasteiger partial charge is 0.240 e. The quantitative estimate of drug-likeness (QED) is 0.918. The lowest BCUT2D eigenvalue weighted by atomic mass is 10.1. The van der Waals surface area contributed by atoms with Gasteiger partial charge in [0.1, 0.15) is 5.75 Å². The first-order chi connectivity index (χ1) is 11.6. The number of nitrogens with one attached hydrogen (secondary N) is 1. The van der Waals surface area contributed by atoms with Crippen molar-refractivity contribution < 1.29 is 22.6 Å². The Kier molecular flexibility index (Phi) is 3.82. The fourth-order valence-corrected chi connectivity index (χ4v) is 3.88. The summed E-state index contributed by atoms with van der Waals surface area (Å²) in [5, 5.41) is 0. The molecule has 2 aliphatic heterocycles. The van der Waals surface area contributed by atoms with E-state index in [0.29, 0.717) is 18.1 Å². The number of fused-ring (bicyclic) bond motifs is 2. The first-order valence-corrected chi connectivity index (χ1v) is 9.24. The van der Waals surface area contributed by atoms with Crippen molar-refractivity contribution in [2.24, 2.45) is 0 Å². The lowest BCUT2D eigenvalue weighted by Crippen LogP contribution is -2.23. The van der Waals surface area contributed by atoms with Crippen molar-refractivity contribution in [3.8, 4) is 17.2 Å². The van der Waals surface area contributed by atoms with Crippen LogP contribution in [0, 0.1) is 0 Å². The van der Waals surface area contributed by atoms with Crippen molar-refractivity contribution >= 4 is 10.0 Å². The second-order valence-electron chi connectivity index (χ2n) is 5.73. The van der Waals surface area contributed by atoms with Crippen molar-refractivity contribution in [1.82, 2.24) is 4.72 Å². The minimum Gasteiger partial charge on any atom is -0.493 e. The highest BCUT2D eigenvalue weighted by molar-refractivity contribution is 7.89. The molecule has 0 saturated carbocycles. The average molecular weight is 347 g/mol. The molecule has 0 saturated heterocycles. The Morgan fingerprint density at radius 3 is 2.71 bits per heavy atom. The number of sulfonamides is 1. The maximum absolute atomic E-state index is 12.5. The zero-order valence-corrected chi connectivity index (χ0v) is 13.8. The van der Waals surface area contributed by atoms with Crippen molar-refractivity contribution in [3.05, 3.63) is 47.5 Å². The molecule has 0 aliphatic carbocycles. The van der Waals surface area contributed by atoms with Gasteiger partial charge in [-0.1, -0.05) is 6.07 Å². The van der Waals surface area contributed by atoms with E-state index < -0.39 is 10.0 Å². The molecule has 2 heterocycles. The third kappa shape index (κ3) is 2.92. The third-order valence-electron chi connectivity index (χ3n) is 4.09. The van der Waals surface area contributed by atoms with E-state index in [1.54, 1.807) is 30.3 Å². The fourth-order valence-electron chi connectivity index (χ4n) is 2.82.